The standard InChI is InChI=1S/C10H20N2O2/c1-3-5-12-7-4-6-11(2)10(14)9(12)8-13/h9,13H,3-8H2,1-2H3. The van der Waals surface area contributed by atoms with E-state index >= 15 is 0 Å². The molecule has 1 rings (SSSR count). The summed E-state index contributed by atoms with van der Waals surface area (Å²) in [4.78, 5) is 15.6. The van der Waals surface area contributed by atoms with Gasteiger partial charge in [-0.2, -0.15) is 0 Å². The predicted molar refractivity (Wildman–Crippen MR) is 55.0 cm³/mol. The first kappa shape index (κ1) is 11.5. The van der Waals surface area contributed by atoms with Gasteiger partial charge >= 0.3 is 0 Å². The van der Waals surface area contributed by atoms with E-state index in [9.17, 15) is 9.90 Å². The summed E-state index contributed by atoms with van der Waals surface area (Å²) >= 11 is 0. The first-order valence-electron chi connectivity index (χ1n) is 5.30. The molecule has 0 aromatic carbocycles. The second-order valence-corrected chi connectivity index (χ2v) is 3.85. The normalized spacial score (nSPS) is 25.2. The minimum Gasteiger partial charge on any atom is -0.394 e. The summed E-state index contributed by atoms with van der Waals surface area (Å²) in [5, 5.41) is 9.21. The Morgan fingerprint density at radius 1 is 1.50 bits per heavy atom. The molecule has 0 aliphatic carbocycles. The lowest BCUT2D eigenvalue weighted by Gasteiger charge is -2.27. The van der Waals surface area contributed by atoms with Crippen molar-refractivity contribution in [3.63, 3.8) is 0 Å². The van der Waals surface area contributed by atoms with Crippen molar-refractivity contribution in [2.45, 2.75) is 25.8 Å². The third kappa shape index (κ3) is 2.45. The van der Waals surface area contributed by atoms with Gasteiger partial charge in [-0.1, -0.05) is 6.92 Å². The van der Waals surface area contributed by atoms with Crippen LogP contribution in [-0.4, -0.2) is 60.1 Å². The maximum Gasteiger partial charge on any atom is 0.242 e. The van der Waals surface area contributed by atoms with Crippen LogP contribution in [0.2, 0.25) is 0 Å². The summed E-state index contributed by atoms with van der Waals surface area (Å²) in [5.74, 6) is 0.0541. The minimum absolute atomic E-state index is 0.0541. The van der Waals surface area contributed by atoms with E-state index in [0.29, 0.717) is 0 Å². The van der Waals surface area contributed by atoms with Gasteiger partial charge in [0, 0.05) is 20.1 Å². The Bertz CT molecular complexity index is 197. The van der Waals surface area contributed by atoms with E-state index in [1.807, 2.05) is 0 Å². The maximum atomic E-state index is 11.8. The third-order valence-electron chi connectivity index (χ3n) is 2.72. The minimum atomic E-state index is -0.317. The Morgan fingerprint density at radius 2 is 2.21 bits per heavy atom. The van der Waals surface area contributed by atoms with Gasteiger partial charge in [0.05, 0.1) is 6.61 Å². The molecule has 0 spiro atoms. The van der Waals surface area contributed by atoms with Crippen LogP contribution in [0, 0.1) is 0 Å². The first-order valence-corrected chi connectivity index (χ1v) is 5.30. The highest BCUT2D eigenvalue weighted by molar-refractivity contribution is 5.82. The van der Waals surface area contributed by atoms with E-state index in [0.717, 1.165) is 32.5 Å². The smallest absolute Gasteiger partial charge is 0.242 e. The van der Waals surface area contributed by atoms with Crippen molar-refractivity contribution in [3.05, 3.63) is 0 Å². The molecule has 0 radical (unpaired) electrons. The molecule has 4 nitrogen and oxygen atoms in total. The molecular weight excluding hydrogens is 180 g/mol. The van der Waals surface area contributed by atoms with Crippen molar-refractivity contribution in [3.8, 4) is 0 Å². The zero-order chi connectivity index (χ0) is 10.6. The zero-order valence-electron chi connectivity index (χ0n) is 9.07. The monoisotopic (exact) mass is 200 g/mol. The molecule has 1 amide bonds. The fraction of sp³-hybridized carbons (Fsp3) is 0.900. The molecule has 0 saturated carbocycles. The van der Waals surface area contributed by atoms with Crippen LogP contribution in [-0.2, 0) is 4.79 Å². The van der Waals surface area contributed by atoms with Gasteiger partial charge in [0.25, 0.3) is 0 Å². The molecule has 1 saturated heterocycles. The van der Waals surface area contributed by atoms with Gasteiger partial charge in [0.2, 0.25) is 5.91 Å². The summed E-state index contributed by atoms with van der Waals surface area (Å²) in [6.07, 6.45) is 2.02. The van der Waals surface area contributed by atoms with Gasteiger partial charge < -0.3 is 10.0 Å². The molecule has 4 heteroatoms. The Labute approximate surface area is 85.5 Å². The van der Waals surface area contributed by atoms with E-state index < -0.39 is 0 Å². The number of amides is 1. The molecule has 1 unspecified atom stereocenters. The average Bonchev–Trinajstić information content (AvgIpc) is 2.29. The number of hydrogen-bond acceptors (Lipinski definition) is 3. The van der Waals surface area contributed by atoms with Crippen LogP contribution in [0.25, 0.3) is 0 Å². The molecule has 1 N–H and O–H groups in total. The van der Waals surface area contributed by atoms with Crippen molar-refractivity contribution in [2.24, 2.45) is 0 Å². The highest BCUT2D eigenvalue weighted by atomic mass is 16.3. The van der Waals surface area contributed by atoms with Crippen molar-refractivity contribution >= 4 is 5.91 Å². The van der Waals surface area contributed by atoms with Gasteiger partial charge in [0.1, 0.15) is 6.04 Å². The van der Waals surface area contributed by atoms with Crippen LogP contribution in [0.1, 0.15) is 19.8 Å². The van der Waals surface area contributed by atoms with E-state index in [1.165, 1.54) is 0 Å². The topological polar surface area (TPSA) is 43.8 Å². The average molecular weight is 200 g/mol. The van der Waals surface area contributed by atoms with E-state index in [-0.39, 0.29) is 18.6 Å². The number of likely N-dealkylation sites (N-methyl/N-ethyl adjacent to an activating group) is 1. The third-order valence-corrected chi connectivity index (χ3v) is 2.72. The molecule has 1 fully saturated rings. The number of hydrogen-bond donors (Lipinski definition) is 1. The molecule has 0 aromatic heterocycles. The molecule has 0 bridgehead atoms. The summed E-state index contributed by atoms with van der Waals surface area (Å²) in [6.45, 7) is 4.63. The van der Waals surface area contributed by atoms with Crippen LogP contribution in [0.5, 0.6) is 0 Å². The van der Waals surface area contributed by atoms with Crippen LogP contribution in [0.3, 0.4) is 0 Å². The lowest BCUT2D eigenvalue weighted by atomic mass is 10.2. The lowest BCUT2D eigenvalue weighted by molar-refractivity contribution is -0.135. The van der Waals surface area contributed by atoms with Gasteiger partial charge in [-0.15, -0.1) is 0 Å². The number of carbonyl (C=O) groups is 1. The number of nitrogens with zero attached hydrogens (tertiary/aromatic N) is 2. The Kier molecular flexibility index (Phi) is 4.35. The van der Waals surface area contributed by atoms with Gasteiger partial charge in [-0.25, -0.2) is 0 Å². The second-order valence-electron chi connectivity index (χ2n) is 3.85. The summed E-state index contributed by atoms with van der Waals surface area (Å²) in [6, 6.07) is -0.317. The van der Waals surface area contributed by atoms with Crippen LogP contribution in [0.4, 0.5) is 0 Å². The zero-order valence-corrected chi connectivity index (χ0v) is 9.07. The summed E-state index contributed by atoms with van der Waals surface area (Å²) < 4.78 is 0. The van der Waals surface area contributed by atoms with E-state index in [4.69, 9.17) is 0 Å². The van der Waals surface area contributed by atoms with Crippen molar-refractivity contribution in [1.29, 1.82) is 0 Å². The maximum absolute atomic E-state index is 11.8. The molecule has 1 heterocycles. The first-order chi connectivity index (χ1) is 6.70. The number of aliphatic hydroxyl groups is 1. The van der Waals surface area contributed by atoms with Gasteiger partial charge in [-0.3, -0.25) is 9.69 Å². The molecule has 0 aromatic rings. The van der Waals surface area contributed by atoms with Crippen LogP contribution < -0.4 is 0 Å². The summed E-state index contributed by atoms with van der Waals surface area (Å²) in [5.41, 5.74) is 0. The number of carbonyl (C=O) groups excluding carboxylic acids is 1. The molecular formula is C10H20N2O2. The fourth-order valence-electron chi connectivity index (χ4n) is 1.94. The molecule has 1 aliphatic heterocycles. The highest BCUT2D eigenvalue weighted by Gasteiger charge is 2.29. The van der Waals surface area contributed by atoms with E-state index in [1.54, 1.807) is 11.9 Å². The quantitative estimate of drug-likeness (QED) is 0.693. The van der Waals surface area contributed by atoms with Crippen LogP contribution in [0.15, 0.2) is 0 Å². The Morgan fingerprint density at radius 3 is 2.79 bits per heavy atom. The summed E-state index contributed by atoms with van der Waals surface area (Å²) in [7, 11) is 1.81. The Balaban J connectivity index is 2.69. The lowest BCUT2D eigenvalue weighted by Crippen LogP contribution is -2.47. The Hall–Kier alpha value is -0.610. The second kappa shape index (κ2) is 5.32. The van der Waals surface area contributed by atoms with Gasteiger partial charge in [0.15, 0.2) is 0 Å². The largest absolute Gasteiger partial charge is 0.394 e. The van der Waals surface area contributed by atoms with E-state index in [2.05, 4.69) is 11.8 Å². The van der Waals surface area contributed by atoms with Crippen molar-refractivity contribution in [2.75, 3.05) is 33.3 Å². The molecule has 1 atom stereocenters. The molecule has 1 aliphatic rings. The van der Waals surface area contributed by atoms with Crippen molar-refractivity contribution in [1.82, 2.24) is 9.80 Å². The van der Waals surface area contributed by atoms with Crippen molar-refractivity contribution < 1.29 is 9.90 Å². The fourth-order valence-corrected chi connectivity index (χ4v) is 1.94. The molecule has 82 valence electrons. The predicted octanol–water partition coefficient (Wildman–Crippen LogP) is -0.0786. The number of aliphatic hydroxyl groups excluding tert-OH is 1. The van der Waals surface area contributed by atoms with Gasteiger partial charge in [-0.05, 0) is 19.4 Å². The molecule has 14 heavy (non-hydrogen) atoms. The number of rotatable bonds is 3. The SMILES string of the molecule is CCCN1CCCN(C)C(=O)C1CO. The highest BCUT2D eigenvalue weighted by Crippen LogP contribution is 2.10. The van der Waals surface area contributed by atoms with Crippen LogP contribution >= 0.6 is 0 Å².